The molecule has 0 aromatic carbocycles. The summed E-state index contributed by atoms with van der Waals surface area (Å²) in [7, 11) is 2.07. The Hall–Kier alpha value is -0.920. The standard InChI is InChI=1S/C9H16N2/c1-3-6-10-9-4-7-11(2)8-5-9/h4-5,7,10H,3,6,8H2,1-2H3. The Morgan fingerprint density at radius 2 is 2.45 bits per heavy atom. The Balaban J connectivity index is 2.31. The van der Waals surface area contributed by atoms with Crippen LogP contribution in [0, 0.1) is 0 Å². The maximum absolute atomic E-state index is 3.34. The minimum absolute atomic E-state index is 1.02. The Kier molecular flexibility index (Phi) is 3.02. The SMILES string of the molecule is CCCNC1=CCN(C)C=C1. The number of nitrogens with one attached hydrogen (secondary N) is 1. The Bertz CT molecular complexity index is 170. The molecule has 0 aromatic heterocycles. The number of nitrogens with zero attached hydrogens (tertiary/aromatic N) is 1. The van der Waals surface area contributed by atoms with E-state index in [-0.39, 0.29) is 0 Å². The zero-order valence-corrected chi connectivity index (χ0v) is 7.30. The van der Waals surface area contributed by atoms with E-state index in [1.807, 2.05) is 0 Å². The van der Waals surface area contributed by atoms with E-state index in [4.69, 9.17) is 0 Å². The molecule has 0 spiro atoms. The highest BCUT2D eigenvalue weighted by molar-refractivity contribution is 5.20. The molecule has 0 amide bonds. The van der Waals surface area contributed by atoms with Crippen molar-refractivity contribution in [2.45, 2.75) is 13.3 Å². The van der Waals surface area contributed by atoms with Crippen LogP contribution in [0.3, 0.4) is 0 Å². The molecule has 0 aromatic rings. The van der Waals surface area contributed by atoms with Crippen molar-refractivity contribution in [1.82, 2.24) is 10.2 Å². The van der Waals surface area contributed by atoms with E-state index in [9.17, 15) is 0 Å². The molecule has 11 heavy (non-hydrogen) atoms. The molecule has 1 N–H and O–H groups in total. The van der Waals surface area contributed by atoms with Crippen molar-refractivity contribution < 1.29 is 0 Å². The molecule has 0 aliphatic carbocycles. The lowest BCUT2D eigenvalue weighted by molar-refractivity contribution is 0.498. The Labute approximate surface area is 68.6 Å². The fourth-order valence-corrected chi connectivity index (χ4v) is 0.979. The van der Waals surface area contributed by atoms with Crippen LogP contribution in [-0.2, 0) is 0 Å². The summed E-state index contributed by atoms with van der Waals surface area (Å²) in [6.07, 6.45) is 7.59. The highest BCUT2D eigenvalue weighted by Gasteiger charge is 1.97. The van der Waals surface area contributed by atoms with Gasteiger partial charge < -0.3 is 10.2 Å². The van der Waals surface area contributed by atoms with E-state index >= 15 is 0 Å². The van der Waals surface area contributed by atoms with Gasteiger partial charge in [0.1, 0.15) is 0 Å². The second-order valence-electron chi connectivity index (χ2n) is 2.84. The second kappa shape index (κ2) is 4.06. The molecule has 0 bridgehead atoms. The molecule has 1 heterocycles. The van der Waals surface area contributed by atoms with E-state index in [2.05, 4.69) is 42.5 Å². The average Bonchev–Trinajstić information content (AvgIpc) is 2.04. The summed E-state index contributed by atoms with van der Waals surface area (Å²) in [5.41, 5.74) is 1.25. The summed E-state index contributed by atoms with van der Waals surface area (Å²) in [5.74, 6) is 0. The first-order valence-corrected chi connectivity index (χ1v) is 4.15. The summed E-state index contributed by atoms with van der Waals surface area (Å²) in [6, 6.07) is 0. The highest BCUT2D eigenvalue weighted by atomic mass is 15.1. The van der Waals surface area contributed by atoms with Crippen molar-refractivity contribution in [2.24, 2.45) is 0 Å². The third-order valence-corrected chi connectivity index (χ3v) is 1.69. The van der Waals surface area contributed by atoms with Crippen molar-refractivity contribution in [3.05, 3.63) is 24.0 Å². The first kappa shape index (κ1) is 8.18. The molecular weight excluding hydrogens is 136 g/mol. The van der Waals surface area contributed by atoms with E-state index in [1.165, 1.54) is 12.1 Å². The van der Waals surface area contributed by atoms with Crippen molar-refractivity contribution in [2.75, 3.05) is 20.1 Å². The molecule has 0 radical (unpaired) electrons. The lowest BCUT2D eigenvalue weighted by Gasteiger charge is -2.17. The van der Waals surface area contributed by atoms with Crippen molar-refractivity contribution >= 4 is 0 Å². The van der Waals surface area contributed by atoms with Crippen LogP contribution in [0.4, 0.5) is 0 Å². The van der Waals surface area contributed by atoms with Crippen LogP contribution in [0.15, 0.2) is 24.0 Å². The van der Waals surface area contributed by atoms with Gasteiger partial charge in [0.25, 0.3) is 0 Å². The highest BCUT2D eigenvalue weighted by Crippen LogP contribution is 2.01. The number of hydrogen-bond acceptors (Lipinski definition) is 2. The third kappa shape index (κ3) is 2.66. The zero-order chi connectivity index (χ0) is 8.10. The minimum Gasteiger partial charge on any atom is -0.385 e. The lowest BCUT2D eigenvalue weighted by atomic mass is 10.3. The topological polar surface area (TPSA) is 15.3 Å². The smallest absolute Gasteiger partial charge is 0.0373 e. The van der Waals surface area contributed by atoms with E-state index in [0.29, 0.717) is 0 Å². The van der Waals surface area contributed by atoms with Crippen LogP contribution in [0.1, 0.15) is 13.3 Å². The zero-order valence-electron chi connectivity index (χ0n) is 7.30. The first-order valence-electron chi connectivity index (χ1n) is 4.15. The molecule has 0 saturated heterocycles. The second-order valence-corrected chi connectivity index (χ2v) is 2.84. The number of rotatable bonds is 3. The molecule has 2 nitrogen and oxygen atoms in total. The van der Waals surface area contributed by atoms with Gasteiger partial charge in [0.15, 0.2) is 0 Å². The van der Waals surface area contributed by atoms with Crippen molar-refractivity contribution in [1.29, 1.82) is 0 Å². The van der Waals surface area contributed by atoms with E-state index in [0.717, 1.165) is 13.1 Å². The molecule has 1 rings (SSSR count). The molecule has 62 valence electrons. The van der Waals surface area contributed by atoms with Gasteiger partial charge in [-0.1, -0.05) is 6.92 Å². The van der Waals surface area contributed by atoms with Crippen LogP contribution in [0.5, 0.6) is 0 Å². The van der Waals surface area contributed by atoms with Gasteiger partial charge >= 0.3 is 0 Å². The Morgan fingerprint density at radius 1 is 1.64 bits per heavy atom. The van der Waals surface area contributed by atoms with Gasteiger partial charge in [-0.15, -0.1) is 0 Å². The molecule has 0 saturated carbocycles. The van der Waals surface area contributed by atoms with Crippen LogP contribution >= 0.6 is 0 Å². The molecule has 0 atom stereocenters. The quantitative estimate of drug-likeness (QED) is 0.656. The summed E-state index contributed by atoms with van der Waals surface area (Å²) in [5, 5.41) is 3.34. The van der Waals surface area contributed by atoms with Crippen LogP contribution in [0.25, 0.3) is 0 Å². The van der Waals surface area contributed by atoms with Crippen LogP contribution in [0.2, 0.25) is 0 Å². The lowest BCUT2D eigenvalue weighted by Crippen LogP contribution is -2.20. The molecule has 0 fully saturated rings. The summed E-state index contributed by atoms with van der Waals surface area (Å²) in [4.78, 5) is 2.15. The molecule has 0 unspecified atom stereocenters. The maximum Gasteiger partial charge on any atom is 0.0373 e. The largest absolute Gasteiger partial charge is 0.385 e. The third-order valence-electron chi connectivity index (χ3n) is 1.69. The molecular formula is C9H16N2. The van der Waals surface area contributed by atoms with Crippen LogP contribution < -0.4 is 5.32 Å². The average molecular weight is 152 g/mol. The van der Waals surface area contributed by atoms with Gasteiger partial charge in [-0.3, -0.25) is 0 Å². The van der Waals surface area contributed by atoms with Gasteiger partial charge in [-0.05, 0) is 18.6 Å². The molecule has 2 heteroatoms. The Morgan fingerprint density at radius 3 is 3.00 bits per heavy atom. The van der Waals surface area contributed by atoms with E-state index in [1.54, 1.807) is 0 Å². The normalized spacial score (nSPS) is 16.5. The van der Waals surface area contributed by atoms with Gasteiger partial charge in [0.05, 0.1) is 0 Å². The van der Waals surface area contributed by atoms with Crippen molar-refractivity contribution in [3.63, 3.8) is 0 Å². The first-order chi connectivity index (χ1) is 5.33. The molecule has 1 aliphatic rings. The summed E-state index contributed by atoms with van der Waals surface area (Å²) in [6.45, 7) is 4.26. The fraction of sp³-hybridized carbons (Fsp3) is 0.556. The predicted octanol–water partition coefficient (Wildman–Crippen LogP) is 1.33. The number of allylic oxidation sites excluding steroid dienone is 1. The minimum atomic E-state index is 1.02. The monoisotopic (exact) mass is 152 g/mol. The van der Waals surface area contributed by atoms with Crippen LogP contribution in [-0.4, -0.2) is 25.0 Å². The van der Waals surface area contributed by atoms with Gasteiger partial charge in [-0.25, -0.2) is 0 Å². The summed E-state index contributed by atoms with van der Waals surface area (Å²) >= 11 is 0. The van der Waals surface area contributed by atoms with Gasteiger partial charge in [0, 0.05) is 32.0 Å². The fourth-order valence-electron chi connectivity index (χ4n) is 0.979. The van der Waals surface area contributed by atoms with E-state index < -0.39 is 0 Å². The summed E-state index contributed by atoms with van der Waals surface area (Å²) < 4.78 is 0. The van der Waals surface area contributed by atoms with Gasteiger partial charge in [0.2, 0.25) is 0 Å². The maximum atomic E-state index is 3.34. The molecule has 1 aliphatic heterocycles. The number of likely N-dealkylation sites (N-methyl/N-ethyl adjacent to an activating group) is 1. The predicted molar refractivity (Wildman–Crippen MR) is 48.1 cm³/mol. The van der Waals surface area contributed by atoms with Gasteiger partial charge in [-0.2, -0.15) is 0 Å². The van der Waals surface area contributed by atoms with Crippen molar-refractivity contribution in [3.8, 4) is 0 Å². The number of hydrogen-bond donors (Lipinski definition) is 1.